The maximum absolute atomic E-state index is 13.9. The van der Waals surface area contributed by atoms with Gasteiger partial charge in [0.1, 0.15) is 17.7 Å². The van der Waals surface area contributed by atoms with Gasteiger partial charge in [0.15, 0.2) is 0 Å². The molecule has 0 saturated heterocycles. The van der Waals surface area contributed by atoms with Gasteiger partial charge in [0, 0.05) is 21.2 Å². The Morgan fingerprint density at radius 1 is 1.30 bits per heavy atom. The number of hydrogen-bond donors (Lipinski definition) is 1. The van der Waals surface area contributed by atoms with Gasteiger partial charge in [-0.2, -0.15) is 0 Å². The molecule has 5 heteroatoms. The number of hydrogen-bond acceptors (Lipinski definition) is 3. The first kappa shape index (κ1) is 13.7. The molecule has 0 radical (unpaired) electrons. The Morgan fingerprint density at radius 3 is 2.90 bits per heavy atom. The van der Waals surface area contributed by atoms with Crippen molar-refractivity contribution in [1.82, 2.24) is 0 Å². The number of benzene rings is 2. The fraction of sp³-hybridized carbons (Fsp3) is 0.200. The lowest BCUT2D eigenvalue weighted by Crippen LogP contribution is -2.35. The minimum absolute atomic E-state index is 0.259. The van der Waals surface area contributed by atoms with Gasteiger partial charge in [-0.1, -0.05) is 29.8 Å². The van der Waals surface area contributed by atoms with Crippen LogP contribution in [0.2, 0.25) is 5.02 Å². The number of thioether (sulfide) groups is 1. The van der Waals surface area contributed by atoms with Crippen LogP contribution in [0.1, 0.15) is 11.6 Å². The SMILES string of the molecule is NC(c1ccc(Cl)cc1F)C1CSc2ccccc2O1. The van der Waals surface area contributed by atoms with Crippen LogP contribution in [0, 0.1) is 5.82 Å². The lowest BCUT2D eigenvalue weighted by molar-refractivity contribution is 0.183. The summed E-state index contributed by atoms with van der Waals surface area (Å²) in [6.07, 6.45) is -0.259. The molecule has 1 aliphatic heterocycles. The van der Waals surface area contributed by atoms with Crippen LogP contribution >= 0.6 is 23.4 Å². The van der Waals surface area contributed by atoms with Gasteiger partial charge in [-0.3, -0.25) is 0 Å². The van der Waals surface area contributed by atoms with Crippen LogP contribution in [-0.4, -0.2) is 11.9 Å². The third-order valence-electron chi connectivity index (χ3n) is 3.25. The van der Waals surface area contributed by atoms with E-state index in [1.165, 1.54) is 6.07 Å². The Morgan fingerprint density at radius 2 is 2.10 bits per heavy atom. The number of halogens is 2. The molecule has 2 nitrogen and oxygen atoms in total. The van der Waals surface area contributed by atoms with E-state index in [2.05, 4.69) is 0 Å². The van der Waals surface area contributed by atoms with Crippen LogP contribution < -0.4 is 10.5 Å². The van der Waals surface area contributed by atoms with Gasteiger partial charge < -0.3 is 10.5 Å². The maximum Gasteiger partial charge on any atom is 0.133 e. The van der Waals surface area contributed by atoms with Gasteiger partial charge in [0.2, 0.25) is 0 Å². The summed E-state index contributed by atoms with van der Waals surface area (Å²) in [5.41, 5.74) is 6.59. The summed E-state index contributed by atoms with van der Waals surface area (Å²) in [6.45, 7) is 0. The summed E-state index contributed by atoms with van der Waals surface area (Å²) in [4.78, 5) is 1.09. The molecular formula is C15H13ClFNOS. The fourth-order valence-corrected chi connectivity index (χ4v) is 3.40. The monoisotopic (exact) mass is 309 g/mol. The third kappa shape index (κ3) is 2.64. The molecule has 104 valence electrons. The highest BCUT2D eigenvalue weighted by Crippen LogP contribution is 2.38. The summed E-state index contributed by atoms with van der Waals surface area (Å²) in [7, 11) is 0. The average molecular weight is 310 g/mol. The first-order valence-corrected chi connectivity index (χ1v) is 7.60. The molecule has 2 aromatic rings. The van der Waals surface area contributed by atoms with Crippen molar-refractivity contribution in [3.05, 3.63) is 58.9 Å². The Kier molecular flexibility index (Phi) is 3.87. The van der Waals surface area contributed by atoms with E-state index in [1.807, 2.05) is 24.3 Å². The molecule has 1 aliphatic rings. The van der Waals surface area contributed by atoms with E-state index in [9.17, 15) is 4.39 Å². The van der Waals surface area contributed by atoms with Crippen molar-refractivity contribution in [2.75, 3.05) is 5.75 Å². The highest BCUT2D eigenvalue weighted by atomic mass is 35.5. The molecule has 0 fully saturated rings. The minimum Gasteiger partial charge on any atom is -0.486 e. The normalized spacial score (nSPS) is 19.1. The largest absolute Gasteiger partial charge is 0.486 e. The lowest BCUT2D eigenvalue weighted by Gasteiger charge is -2.30. The topological polar surface area (TPSA) is 35.2 Å². The molecule has 0 aromatic heterocycles. The predicted molar refractivity (Wildman–Crippen MR) is 79.9 cm³/mol. The first-order chi connectivity index (χ1) is 9.65. The fourth-order valence-electron chi connectivity index (χ4n) is 2.18. The standard InChI is InChI=1S/C15H13ClFNOS/c16-9-5-6-10(11(17)7-9)15(18)13-8-20-14-4-2-1-3-12(14)19-13/h1-7,13,15H,8,18H2. The Hall–Kier alpha value is -1.23. The number of ether oxygens (including phenoxy) is 1. The summed E-state index contributed by atoms with van der Waals surface area (Å²) in [5.74, 6) is 1.11. The molecule has 0 saturated carbocycles. The van der Waals surface area contributed by atoms with Crippen molar-refractivity contribution >= 4 is 23.4 Å². The van der Waals surface area contributed by atoms with Gasteiger partial charge in [-0.15, -0.1) is 11.8 Å². The molecule has 0 bridgehead atoms. The van der Waals surface area contributed by atoms with E-state index < -0.39 is 11.9 Å². The zero-order valence-electron chi connectivity index (χ0n) is 10.6. The van der Waals surface area contributed by atoms with Crippen LogP contribution in [0.5, 0.6) is 5.75 Å². The van der Waals surface area contributed by atoms with Gasteiger partial charge in [-0.25, -0.2) is 4.39 Å². The van der Waals surface area contributed by atoms with Crippen LogP contribution in [0.4, 0.5) is 4.39 Å². The molecule has 2 N–H and O–H groups in total. The number of rotatable bonds is 2. The van der Waals surface area contributed by atoms with Crippen LogP contribution in [0.15, 0.2) is 47.4 Å². The summed E-state index contributed by atoms with van der Waals surface area (Å²) in [5, 5.41) is 0.364. The quantitative estimate of drug-likeness (QED) is 0.909. The minimum atomic E-state index is -0.520. The molecule has 2 unspecified atom stereocenters. The number of para-hydroxylation sites is 1. The van der Waals surface area contributed by atoms with Crippen molar-refractivity contribution in [2.24, 2.45) is 5.73 Å². The highest BCUT2D eigenvalue weighted by molar-refractivity contribution is 7.99. The second kappa shape index (κ2) is 5.64. The van der Waals surface area contributed by atoms with E-state index in [4.69, 9.17) is 22.1 Å². The average Bonchev–Trinajstić information content (AvgIpc) is 2.46. The van der Waals surface area contributed by atoms with Gasteiger partial charge in [-0.05, 0) is 24.3 Å². The summed E-state index contributed by atoms with van der Waals surface area (Å²) in [6, 6.07) is 11.8. The third-order valence-corrected chi connectivity index (χ3v) is 4.63. The molecule has 1 heterocycles. The second-order valence-corrected chi connectivity index (χ2v) is 6.10. The summed E-state index contributed by atoms with van der Waals surface area (Å²) >= 11 is 7.43. The molecule has 0 aliphatic carbocycles. The zero-order valence-corrected chi connectivity index (χ0v) is 12.1. The van der Waals surface area contributed by atoms with E-state index in [0.29, 0.717) is 16.3 Å². The van der Waals surface area contributed by atoms with Crippen molar-refractivity contribution in [3.8, 4) is 5.75 Å². The Labute approximate surface area is 126 Å². The van der Waals surface area contributed by atoms with Crippen molar-refractivity contribution in [2.45, 2.75) is 17.0 Å². The number of nitrogens with two attached hydrogens (primary N) is 1. The van der Waals surface area contributed by atoms with Gasteiger partial charge >= 0.3 is 0 Å². The Balaban J connectivity index is 1.84. The summed E-state index contributed by atoms with van der Waals surface area (Å²) < 4.78 is 19.8. The Bertz CT molecular complexity index is 637. The lowest BCUT2D eigenvalue weighted by atomic mass is 10.0. The molecule has 2 atom stereocenters. The van der Waals surface area contributed by atoms with Crippen molar-refractivity contribution in [3.63, 3.8) is 0 Å². The first-order valence-electron chi connectivity index (χ1n) is 6.24. The zero-order chi connectivity index (χ0) is 14.1. The highest BCUT2D eigenvalue weighted by Gasteiger charge is 2.28. The molecule has 0 amide bonds. The van der Waals surface area contributed by atoms with E-state index in [-0.39, 0.29) is 6.10 Å². The van der Waals surface area contributed by atoms with Crippen LogP contribution in [0.3, 0.4) is 0 Å². The molecule has 0 spiro atoms. The molecule has 2 aromatic carbocycles. The number of fused-ring (bicyclic) bond motifs is 1. The van der Waals surface area contributed by atoms with Crippen molar-refractivity contribution in [1.29, 1.82) is 0 Å². The van der Waals surface area contributed by atoms with E-state index in [1.54, 1.807) is 23.9 Å². The second-order valence-electron chi connectivity index (χ2n) is 4.61. The maximum atomic E-state index is 13.9. The smallest absolute Gasteiger partial charge is 0.133 e. The van der Waals surface area contributed by atoms with E-state index in [0.717, 1.165) is 10.6 Å². The predicted octanol–water partition coefficient (Wildman–Crippen LogP) is 4.03. The van der Waals surface area contributed by atoms with Crippen LogP contribution in [-0.2, 0) is 0 Å². The van der Waals surface area contributed by atoms with Gasteiger partial charge in [0.05, 0.1) is 6.04 Å². The van der Waals surface area contributed by atoms with Gasteiger partial charge in [0.25, 0.3) is 0 Å². The van der Waals surface area contributed by atoms with E-state index >= 15 is 0 Å². The molecule has 3 rings (SSSR count). The van der Waals surface area contributed by atoms with Crippen molar-refractivity contribution < 1.29 is 9.13 Å². The molecular weight excluding hydrogens is 297 g/mol. The molecule has 20 heavy (non-hydrogen) atoms. The van der Waals surface area contributed by atoms with Crippen LogP contribution in [0.25, 0.3) is 0 Å².